The first-order valence-corrected chi connectivity index (χ1v) is 26.1. The van der Waals surface area contributed by atoms with E-state index in [4.69, 9.17) is 16.6 Å². The zero-order chi connectivity index (χ0) is 57.2. The van der Waals surface area contributed by atoms with Crippen molar-refractivity contribution in [3.63, 3.8) is 0 Å². The first-order chi connectivity index (χ1) is 37.9. The highest BCUT2D eigenvalue weighted by atomic mass is 32.8. The third kappa shape index (κ3) is 17.1. The summed E-state index contributed by atoms with van der Waals surface area (Å²) in [4.78, 5) is 100.0. The molecular weight excluding hydrogens is 1070 g/mol. The molecule has 2 aliphatic heterocycles. The van der Waals surface area contributed by atoms with Gasteiger partial charge in [0, 0.05) is 122 Å². The molecule has 20 nitrogen and oxygen atoms in total. The second kappa shape index (κ2) is 29.8. The van der Waals surface area contributed by atoms with Crippen molar-refractivity contribution in [2.75, 3.05) is 30.3 Å². The smallest absolute Gasteiger partial charge is 0.322 e. The SMILES string of the molecule is C=C(C(N)=O)c1cc(-c2cnc(C)nc2)ccc1NCC(=O)O.Cc1cccc(CC(=O)[C@@H]2CC=CCN2C(=O)Cn2cc(C(N)=O)c3cc(-c4cnc(C)nc4)ccc32)n1.Cc1cccc(NC(=O)[C@@H]2CC=CCN2)n1.S.S=S. The number of nitrogens with zero attached hydrogens (tertiary/aromatic N) is 8. The number of nitrogens with two attached hydrogens (primary N) is 2. The number of rotatable bonds is 15. The number of carbonyl (C=O) groups is 6. The Morgan fingerprint density at radius 3 is 1.95 bits per heavy atom. The summed E-state index contributed by atoms with van der Waals surface area (Å²) in [5.41, 5.74) is 18.6. The van der Waals surface area contributed by atoms with Crippen molar-refractivity contribution in [3.8, 4) is 22.3 Å². The highest BCUT2D eigenvalue weighted by molar-refractivity contribution is 8.07. The largest absolute Gasteiger partial charge is 0.480 e. The van der Waals surface area contributed by atoms with Crippen LogP contribution in [0, 0.1) is 27.7 Å². The van der Waals surface area contributed by atoms with Crippen LogP contribution in [-0.2, 0) is 59.3 Å². The summed E-state index contributed by atoms with van der Waals surface area (Å²) in [7, 11) is 0. The lowest BCUT2D eigenvalue weighted by atomic mass is 9.99. The van der Waals surface area contributed by atoms with Crippen LogP contribution in [0.3, 0.4) is 0 Å². The maximum atomic E-state index is 13.5. The van der Waals surface area contributed by atoms with Crippen LogP contribution in [0.15, 0.2) is 135 Å². The topological polar surface area (TPSA) is 296 Å². The van der Waals surface area contributed by atoms with E-state index < -0.39 is 23.8 Å². The van der Waals surface area contributed by atoms with Gasteiger partial charge in [-0.15, -0.1) is 0 Å². The number of carbonyl (C=O) groups excluding carboxylic acids is 5. The van der Waals surface area contributed by atoms with Crippen LogP contribution in [0.4, 0.5) is 11.5 Å². The van der Waals surface area contributed by atoms with Gasteiger partial charge in [0.25, 0.3) is 5.91 Å². The number of carboxylic acid groups (broad SMARTS) is 1. The lowest BCUT2D eigenvalue weighted by Crippen LogP contribution is -2.48. The Bertz CT molecular complexity index is 3440. The minimum Gasteiger partial charge on any atom is -0.480 e. The molecule has 0 radical (unpaired) electrons. The van der Waals surface area contributed by atoms with E-state index in [1.54, 1.807) is 71.6 Å². The standard InChI is InChI=1S/C29H28N6O3.C16H16N4O3.C12H15N3O.S2.H2S/c1-18-6-5-7-22(33-18)13-27(36)26-8-3-4-11-35(26)28(37)17-34-16-24(29(30)38)23-12-20(9-10-25(23)34)21-14-31-19(2)32-15-21;1-9(16(17)23)13-5-11(12-6-18-10(2)19-7-12)3-4-14(13)20-8-15(21)22;1-9-5-4-7-11(14-9)15-12(16)10-6-2-3-8-13-10;1-2;/h3-7,9-10,12,14-16,26H,8,11,13,17H2,1-2H3,(H2,30,38);3-7,20H,1,8H2,2H3,(H2,17,23)(H,21,22);2-5,7,10,13H,6,8H2,1H3,(H,14,15,16);;1H2/t26-;;10-;;/m0.0../s1. The van der Waals surface area contributed by atoms with Crippen molar-refractivity contribution < 1.29 is 33.9 Å². The van der Waals surface area contributed by atoms with Crippen molar-refractivity contribution in [1.29, 1.82) is 0 Å². The number of hydrogen-bond acceptors (Lipinski definition) is 16. The monoisotopic (exact) mass is 1140 g/mol. The minimum absolute atomic E-state index is 0. The Balaban J connectivity index is 0.000000238. The van der Waals surface area contributed by atoms with Crippen molar-refractivity contribution in [3.05, 3.63) is 175 Å². The van der Waals surface area contributed by atoms with E-state index in [0.29, 0.717) is 63.8 Å². The molecule has 0 saturated heterocycles. The predicted octanol–water partition coefficient (Wildman–Crippen LogP) is 5.98. The molecule has 2 aliphatic rings. The van der Waals surface area contributed by atoms with Gasteiger partial charge in [-0.3, -0.25) is 33.8 Å². The number of aliphatic carboxylic acids is 1. The highest BCUT2D eigenvalue weighted by Crippen LogP contribution is 2.30. The summed E-state index contributed by atoms with van der Waals surface area (Å²) in [6.07, 6.45) is 17.6. The summed E-state index contributed by atoms with van der Waals surface area (Å²) >= 11 is 7.33. The van der Waals surface area contributed by atoms with Crippen molar-refractivity contribution in [2.45, 2.75) is 65.6 Å². The number of carboxylic acids is 1. The number of primary amides is 2. The normalized spacial score (nSPS) is 14.0. The van der Waals surface area contributed by atoms with E-state index in [9.17, 15) is 28.8 Å². The van der Waals surface area contributed by atoms with Crippen LogP contribution < -0.4 is 27.4 Å². The molecule has 0 spiro atoms. The number of aromatic nitrogens is 7. The molecule has 0 unspecified atom stereocenters. The number of pyridine rings is 2. The highest BCUT2D eigenvalue weighted by Gasteiger charge is 2.31. The summed E-state index contributed by atoms with van der Waals surface area (Å²) in [5, 5.41) is 18.1. The van der Waals surface area contributed by atoms with Gasteiger partial charge in [0.1, 0.15) is 30.6 Å². The molecule has 80 heavy (non-hydrogen) atoms. The molecule has 23 heteroatoms. The molecule has 7 heterocycles. The average Bonchev–Trinajstić information content (AvgIpc) is 3.81. The number of aryl methyl sites for hydroxylation is 4. The van der Waals surface area contributed by atoms with Gasteiger partial charge in [0.15, 0.2) is 5.78 Å². The van der Waals surface area contributed by atoms with Gasteiger partial charge in [0.2, 0.25) is 17.7 Å². The Labute approximate surface area is 479 Å². The molecular formula is C57H61N13O7S3. The second-order valence-corrected chi connectivity index (χ2v) is 18.2. The fraction of sp³-hybridized carbons (Fsp3) is 0.228. The fourth-order valence-corrected chi connectivity index (χ4v) is 8.43. The maximum Gasteiger partial charge on any atom is 0.322 e. The first-order valence-electron chi connectivity index (χ1n) is 24.7. The lowest BCUT2D eigenvalue weighted by Gasteiger charge is -2.32. The Morgan fingerprint density at radius 2 is 1.36 bits per heavy atom. The predicted molar refractivity (Wildman–Crippen MR) is 318 cm³/mol. The summed E-state index contributed by atoms with van der Waals surface area (Å²) in [5.74, 6) is -0.652. The fourth-order valence-electron chi connectivity index (χ4n) is 8.43. The number of hydrogen-bond donors (Lipinski definition) is 6. The van der Waals surface area contributed by atoms with E-state index in [1.807, 2.05) is 93.6 Å². The molecule has 414 valence electrons. The molecule has 2 aromatic carbocycles. The number of nitrogens with one attached hydrogen (secondary N) is 3. The number of fused-ring (bicyclic) bond motifs is 1. The molecule has 0 aliphatic carbocycles. The third-order valence-corrected chi connectivity index (χ3v) is 12.4. The van der Waals surface area contributed by atoms with E-state index in [1.165, 1.54) is 0 Å². The van der Waals surface area contributed by atoms with E-state index >= 15 is 0 Å². The molecule has 9 rings (SSSR count). The van der Waals surface area contributed by atoms with E-state index in [0.717, 1.165) is 46.6 Å². The van der Waals surface area contributed by atoms with Gasteiger partial charge in [-0.2, -0.15) is 13.5 Å². The van der Waals surface area contributed by atoms with Crippen LogP contribution >= 0.6 is 13.5 Å². The van der Waals surface area contributed by atoms with Gasteiger partial charge >= 0.3 is 5.97 Å². The lowest BCUT2D eigenvalue weighted by molar-refractivity contribution is -0.139. The Morgan fingerprint density at radius 1 is 0.750 bits per heavy atom. The van der Waals surface area contributed by atoms with Gasteiger partial charge in [0.05, 0.1) is 24.1 Å². The van der Waals surface area contributed by atoms with Crippen LogP contribution in [0.25, 0.3) is 38.7 Å². The number of Topliss-reactive ketones (excluding diaryl/α,β-unsaturated/α-hetero) is 1. The third-order valence-electron chi connectivity index (χ3n) is 12.4. The maximum absolute atomic E-state index is 13.5. The van der Waals surface area contributed by atoms with Crippen LogP contribution in [0.1, 0.15) is 57.5 Å². The Hall–Kier alpha value is -8.77. The summed E-state index contributed by atoms with van der Waals surface area (Å²) < 4.78 is 1.72. The first kappa shape index (κ1) is 62.1. The van der Waals surface area contributed by atoms with E-state index in [-0.39, 0.29) is 62.2 Å². The molecule has 0 fully saturated rings. The summed E-state index contributed by atoms with van der Waals surface area (Å²) in [6.45, 7) is 11.8. The van der Waals surface area contributed by atoms with Gasteiger partial charge in [-0.05, 0) is 100 Å². The number of benzene rings is 2. The van der Waals surface area contributed by atoms with Crippen molar-refractivity contribution in [2.24, 2.45) is 11.5 Å². The second-order valence-electron chi connectivity index (χ2n) is 18.2. The summed E-state index contributed by atoms with van der Waals surface area (Å²) in [6, 6.07) is 21.2. The molecule has 7 aromatic rings. The zero-order valence-corrected chi connectivity index (χ0v) is 47.0. The van der Waals surface area contributed by atoms with Gasteiger partial charge < -0.3 is 42.0 Å². The van der Waals surface area contributed by atoms with Crippen LogP contribution in [0.5, 0.6) is 0 Å². The molecule has 2 atom stereocenters. The molecule has 5 aromatic heterocycles. The molecule has 4 amide bonds. The number of amides is 4. The average molecular weight is 1140 g/mol. The molecule has 0 saturated carbocycles. The van der Waals surface area contributed by atoms with Crippen LogP contribution in [-0.4, -0.2) is 112 Å². The van der Waals surface area contributed by atoms with E-state index in [2.05, 4.69) is 74.8 Å². The quantitative estimate of drug-likeness (QED) is 0.0508. The number of ketones is 1. The van der Waals surface area contributed by atoms with Crippen LogP contribution in [0.2, 0.25) is 0 Å². The molecule has 0 bridgehead atoms. The Kier molecular flexibility index (Phi) is 23.1. The molecule has 8 N–H and O–H groups in total. The zero-order valence-electron chi connectivity index (χ0n) is 44.4. The van der Waals surface area contributed by atoms with Crippen molar-refractivity contribution in [1.82, 2.24) is 44.7 Å². The number of anilines is 2. The van der Waals surface area contributed by atoms with Crippen molar-refractivity contribution >= 4 is 99.2 Å². The van der Waals surface area contributed by atoms with Gasteiger partial charge in [-0.25, -0.2) is 24.9 Å². The van der Waals surface area contributed by atoms with Gasteiger partial charge in [-0.1, -0.05) is 55.1 Å². The minimum atomic E-state index is -1.02.